The molecule has 1 saturated heterocycles. The third-order valence-corrected chi connectivity index (χ3v) is 2.15. The minimum absolute atomic E-state index is 0.274. The molecule has 0 aromatic heterocycles. The molecule has 0 aromatic rings. The smallest absolute Gasteiger partial charge is 0.110 e. The zero-order valence-electron chi connectivity index (χ0n) is 10.4. The SMILES string of the molecule is CC(C)COCC1OC1COCC(C)C. The van der Waals surface area contributed by atoms with Gasteiger partial charge in [0.05, 0.1) is 13.2 Å². The molecule has 3 nitrogen and oxygen atoms in total. The van der Waals surface area contributed by atoms with Crippen molar-refractivity contribution in [2.45, 2.75) is 39.9 Å². The van der Waals surface area contributed by atoms with Crippen LogP contribution in [-0.4, -0.2) is 38.6 Å². The molecule has 0 N–H and O–H groups in total. The van der Waals surface area contributed by atoms with Crippen molar-refractivity contribution in [3.63, 3.8) is 0 Å². The third-order valence-electron chi connectivity index (χ3n) is 2.15. The van der Waals surface area contributed by atoms with Gasteiger partial charge in [0, 0.05) is 13.2 Å². The second kappa shape index (κ2) is 6.46. The number of ether oxygens (including phenoxy) is 3. The van der Waals surface area contributed by atoms with Gasteiger partial charge in [-0.3, -0.25) is 0 Å². The van der Waals surface area contributed by atoms with Crippen molar-refractivity contribution in [1.29, 1.82) is 0 Å². The lowest BCUT2D eigenvalue weighted by molar-refractivity contribution is 0.0947. The summed E-state index contributed by atoms with van der Waals surface area (Å²) in [5, 5.41) is 0. The molecule has 0 aromatic carbocycles. The van der Waals surface area contributed by atoms with E-state index in [-0.39, 0.29) is 12.2 Å². The topological polar surface area (TPSA) is 31.0 Å². The van der Waals surface area contributed by atoms with Gasteiger partial charge in [0.1, 0.15) is 12.2 Å². The van der Waals surface area contributed by atoms with Gasteiger partial charge < -0.3 is 14.2 Å². The lowest BCUT2D eigenvalue weighted by Gasteiger charge is -2.05. The molecule has 0 saturated carbocycles. The maximum Gasteiger partial charge on any atom is 0.110 e. The Morgan fingerprint density at radius 2 is 1.27 bits per heavy atom. The average molecular weight is 216 g/mol. The molecule has 0 radical (unpaired) electrons. The molecule has 0 amide bonds. The molecule has 1 heterocycles. The summed E-state index contributed by atoms with van der Waals surface area (Å²) in [6.45, 7) is 11.7. The lowest BCUT2D eigenvalue weighted by Crippen LogP contribution is -2.13. The molecule has 90 valence electrons. The molecule has 0 spiro atoms. The van der Waals surface area contributed by atoms with Gasteiger partial charge in [-0.1, -0.05) is 27.7 Å². The normalized spacial score (nSPS) is 25.2. The Bertz CT molecular complexity index is 150. The highest BCUT2D eigenvalue weighted by Gasteiger charge is 2.38. The largest absolute Gasteiger partial charge is 0.378 e. The van der Waals surface area contributed by atoms with E-state index in [1.165, 1.54) is 0 Å². The summed E-state index contributed by atoms with van der Waals surface area (Å²) in [7, 11) is 0. The van der Waals surface area contributed by atoms with Gasteiger partial charge in [-0.05, 0) is 11.8 Å². The minimum atomic E-state index is 0.274. The first kappa shape index (κ1) is 12.9. The Hall–Kier alpha value is -0.120. The molecule has 1 fully saturated rings. The van der Waals surface area contributed by atoms with Crippen LogP contribution in [-0.2, 0) is 14.2 Å². The molecular weight excluding hydrogens is 192 g/mol. The van der Waals surface area contributed by atoms with E-state index in [4.69, 9.17) is 14.2 Å². The van der Waals surface area contributed by atoms with E-state index in [1.54, 1.807) is 0 Å². The van der Waals surface area contributed by atoms with Crippen LogP contribution in [0.15, 0.2) is 0 Å². The summed E-state index contributed by atoms with van der Waals surface area (Å²) < 4.78 is 16.4. The van der Waals surface area contributed by atoms with Gasteiger partial charge in [0.15, 0.2) is 0 Å². The molecular formula is C12H24O3. The Morgan fingerprint density at radius 3 is 1.60 bits per heavy atom. The van der Waals surface area contributed by atoms with Crippen molar-refractivity contribution in [1.82, 2.24) is 0 Å². The first-order chi connectivity index (χ1) is 7.09. The number of hydrogen-bond donors (Lipinski definition) is 0. The number of rotatable bonds is 8. The van der Waals surface area contributed by atoms with E-state index in [2.05, 4.69) is 27.7 Å². The molecule has 0 aliphatic carbocycles. The molecule has 1 rings (SSSR count). The summed E-state index contributed by atoms with van der Waals surface area (Å²) in [4.78, 5) is 0. The van der Waals surface area contributed by atoms with Gasteiger partial charge in [0.25, 0.3) is 0 Å². The van der Waals surface area contributed by atoms with Crippen molar-refractivity contribution in [2.75, 3.05) is 26.4 Å². The minimum Gasteiger partial charge on any atom is -0.378 e. The summed E-state index contributed by atoms with van der Waals surface area (Å²) >= 11 is 0. The zero-order valence-corrected chi connectivity index (χ0v) is 10.4. The molecule has 2 atom stereocenters. The Kier molecular flexibility index (Phi) is 5.58. The van der Waals surface area contributed by atoms with Crippen molar-refractivity contribution in [3.05, 3.63) is 0 Å². The third kappa shape index (κ3) is 6.13. The maximum absolute atomic E-state index is 5.50. The highest BCUT2D eigenvalue weighted by Crippen LogP contribution is 2.22. The van der Waals surface area contributed by atoms with Crippen LogP contribution in [0.5, 0.6) is 0 Å². The van der Waals surface area contributed by atoms with E-state index in [1.807, 2.05) is 0 Å². The summed E-state index contributed by atoms with van der Waals surface area (Å²) in [5.41, 5.74) is 0. The van der Waals surface area contributed by atoms with Crippen LogP contribution in [0.25, 0.3) is 0 Å². The maximum atomic E-state index is 5.50. The van der Waals surface area contributed by atoms with Gasteiger partial charge >= 0.3 is 0 Å². The van der Waals surface area contributed by atoms with Crippen LogP contribution in [0.1, 0.15) is 27.7 Å². The Labute approximate surface area is 93.1 Å². The fraction of sp³-hybridized carbons (Fsp3) is 1.00. The van der Waals surface area contributed by atoms with Crippen LogP contribution in [0, 0.1) is 11.8 Å². The summed E-state index contributed by atoms with van der Waals surface area (Å²) in [5.74, 6) is 1.19. The van der Waals surface area contributed by atoms with Gasteiger partial charge in [0.2, 0.25) is 0 Å². The Morgan fingerprint density at radius 1 is 0.867 bits per heavy atom. The highest BCUT2D eigenvalue weighted by molar-refractivity contribution is 4.84. The second-order valence-corrected chi connectivity index (χ2v) is 5.08. The predicted molar refractivity (Wildman–Crippen MR) is 60.0 cm³/mol. The van der Waals surface area contributed by atoms with Crippen LogP contribution in [0.3, 0.4) is 0 Å². The van der Waals surface area contributed by atoms with E-state index in [9.17, 15) is 0 Å². The van der Waals surface area contributed by atoms with Crippen LogP contribution >= 0.6 is 0 Å². The molecule has 0 bridgehead atoms. The van der Waals surface area contributed by atoms with Crippen molar-refractivity contribution in [2.24, 2.45) is 11.8 Å². The van der Waals surface area contributed by atoms with E-state index in [0.29, 0.717) is 25.0 Å². The van der Waals surface area contributed by atoms with Gasteiger partial charge in [-0.25, -0.2) is 0 Å². The van der Waals surface area contributed by atoms with Crippen LogP contribution in [0.2, 0.25) is 0 Å². The van der Waals surface area contributed by atoms with E-state index >= 15 is 0 Å². The first-order valence-corrected chi connectivity index (χ1v) is 5.90. The first-order valence-electron chi connectivity index (χ1n) is 5.90. The van der Waals surface area contributed by atoms with Crippen LogP contribution in [0.4, 0.5) is 0 Å². The fourth-order valence-electron chi connectivity index (χ4n) is 1.31. The van der Waals surface area contributed by atoms with Crippen molar-refractivity contribution >= 4 is 0 Å². The Balaban J connectivity index is 1.89. The highest BCUT2D eigenvalue weighted by atomic mass is 16.6. The number of hydrogen-bond acceptors (Lipinski definition) is 3. The molecule has 1 aliphatic rings. The average Bonchev–Trinajstić information content (AvgIpc) is 2.82. The zero-order chi connectivity index (χ0) is 11.3. The van der Waals surface area contributed by atoms with Gasteiger partial charge in [-0.2, -0.15) is 0 Å². The van der Waals surface area contributed by atoms with Crippen LogP contribution < -0.4 is 0 Å². The second-order valence-electron chi connectivity index (χ2n) is 5.08. The quantitative estimate of drug-likeness (QED) is 0.582. The molecule has 2 unspecified atom stereocenters. The lowest BCUT2D eigenvalue weighted by atomic mass is 10.2. The molecule has 1 aliphatic heterocycles. The standard InChI is InChI=1S/C12H24O3/c1-9(2)5-13-7-11-12(15-11)8-14-6-10(3)4/h9-12H,5-8H2,1-4H3. The monoisotopic (exact) mass is 216 g/mol. The van der Waals surface area contributed by atoms with Gasteiger partial charge in [-0.15, -0.1) is 0 Å². The molecule has 15 heavy (non-hydrogen) atoms. The summed E-state index contributed by atoms with van der Waals surface area (Å²) in [6.07, 6.45) is 0.548. The van der Waals surface area contributed by atoms with Crippen molar-refractivity contribution < 1.29 is 14.2 Å². The van der Waals surface area contributed by atoms with E-state index < -0.39 is 0 Å². The predicted octanol–water partition coefficient (Wildman–Crippen LogP) is 2.10. The number of epoxide rings is 1. The molecule has 3 heteroatoms. The van der Waals surface area contributed by atoms with Crippen molar-refractivity contribution in [3.8, 4) is 0 Å². The van der Waals surface area contributed by atoms with E-state index in [0.717, 1.165) is 13.2 Å². The summed E-state index contributed by atoms with van der Waals surface area (Å²) in [6, 6.07) is 0. The fourth-order valence-corrected chi connectivity index (χ4v) is 1.31.